The van der Waals surface area contributed by atoms with Crippen molar-refractivity contribution in [2.24, 2.45) is 0 Å². The molecule has 0 saturated carbocycles. The fraction of sp³-hybridized carbons (Fsp3) is 0.207. The summed E-state index contributed by atoms with van der Waals surface area (Å²) in [5.41, 5.74) is 4.51. The number of carbonyl (C=O) groups is 2. The number of methoxy groups -OCH3 is 2. The van der Waals surface area contributed by atoms with E-state index in [1.807, 2.05) is 43.3 Å². The minimum Gasteiger partial charge on any atom is -0.496 e. The highest BCUT2D eigenvalue weighted by atomic mass is 16.5. The highest BCUT2D eigenvalue weighted by molar-refractivity contribution is 6.04. The van der Waals surface area contributed by atoms with Gasteiger partial charge in [-0.3, -0.25) is 9.69 Å². The zero-order chi connectivity index (χ0) is 25.7. The first-order valence-corrected chi connectivity index (χ1v) is 11.6. The Morgan fingerprint density at radius 3 is 2.36 bits per heavy atom. The van der Waals surface area contributed by atoms with Crippen LogP contribution in [-0.2, 0) is 16.1 Å². The predicted octanol–water partition coefficient (Wildman–Crippen LogP) is 4.92. The van der Waals surface area contributed by atoms with E-state index in [1.165, 1.54) is 7.11 Å². The van der Waals surface area contributed by atoms with Crippen LogP contribution in [0.3, 0.4) is 0 Å². The van der Waals surface area contributed by atoms with Crippen molar-refractivity contribution in [2.45, 2.75) is 19.9 Å². The average molecular weight is 485 g/mol. The van der Waals surface area contributed by atoms with Crippen LogP contribution in [0.5, 0.6) is 5.75 Å². The number of esters is 1. The van der Waals surface area contributed by atoms with Crippen molar-refractivity contribution >= 4 is 28.5 Å². The monoisotopic (exact) mass is 484 g/mol. The molecular formula is C29H28N2O5. The molecule has 0 aliphatic carbocycles. The van der Waals surface area contributed by atoms with Crippen molar-refractivity contribution in [3.05, 3.63) is 89.6 Å². The molecule has 184 valence electrons. The molecule has 0 fully saturated rings. The fourth-order valence-electron chi connectivity index (χ4n) is 4.18. The average Bonchev–Trinajstić information content (AvgIpc) is 2.91. The molecule has 1 heterocycles. The lowest BCUT2D eigenvalue weighted by Gasteiger charge is -2.23. The summed E-state index contributed by atoms with van der Waals surface area (Å²) in [5.74, 6) is 0.631. The summed E-state index contributed by atoms with van der Waals surface area (Å²) in [6.45, 7) is 2.03. The van der Waals surface area contributed by atoms with Gasteiger partial charge in [0.1, 0.15) is 11.6 Å². The van der Waals surface area contributed by atoms with Gasteiger partial charge in [0.25, 0.3) is 0 Å². The second-order valence-electron chi connectivity index (χ2n) is 8.40. The molecule has 0 aliphatic heterocycles. The van der Waals surface area contributed by atoms with E-state index >= 15 is 0 Å². The zero-order valence-electron chi connectivity index (χ0n) is 20.5. The van der Waals surface area contributed by atoms with E-state index in [1.54, 1.807) is 42.5 Å². The lowest BCUT2D eigenvalue weighted by molar-refractivity contribution is -0.119. The van der Waals surface area contributed by atoms with Gasteiger partial charge in [0.15, 0.2) is 0 Å². The number of anilines is 1. The maximum Gasteiger partial charge on any atom is 0.337 e. The highest BCUT2D eigenvalue weighted by Gasteiger charge is 2.20. The largest absolute Gasteiger partial charge is 0.496 e. The van der Waals surface area contributed by atoms with Crippen LogP contribution >= 0.6 is 0 Å². The van der Waals surface area contributed by atoms with Crippen LogP contribution < -0.4 is 9.64 Å². The van der Waals surface area contributed by atoms with Gasteiger partial charge in [-0.2, -0.15) is 0 Å². The van der Waals surface area contributed by atoms with Gasteiger partial charge in [0.05, 0.1) is 39.4 Å². The standard InChI is InChI=1S/C29H28N2O5/c1-19-16-22(9-11-26(19)35-2)21-6-4-20(5-7-21)18-31(27(33)13-15-32)28-25-10-8-24(29(34)36-3)17-23(25)12-14-30-28/h4-12,14,16-17,32H,13,15,18H2,1-3H3. The molecule has 0 bridgehead atoms. The second-order valence-corrected chi connectivity index (χ2v) is 8.40. The van der Waals surface area contributed by atoms with E-state index in [4.69, 9.17) is 9.47 Å². The number of hydrogen-bond acceptors (Lipinski definition) is 6. The molecule has 7 heteroatoms. The van der Waals surface area contributed by atoms with E-state index < -0.39 is 5.97 Å². The Bertz CT molecular complexity index is 1400. The van der Waals surface area contributed by atoms with Gasteiger partial charge in [0, 0.05) is 11.6 Å². The fourth-order valence-corrected chi connectivity index (χ4v) is 4.18. The third-order valence-electron chi connectivity index (χ3n) is 6.07. The summed E-state index contributed by atoms with van der Waals surface area (Å²) in [7, 11) is 2.99. The van der Waals surface area contributed by atoms with Gasteiger partial charge in [-0.15, -0.1) is 0 Å². The Hall–Kier alpha value is -4.23. The Labute approximate surface area is 209 Å². The number of hydrogen-bond donors (Lipinski definition) is 1. The number of carbonyl (C=O) groups excluding carboxylic acids is 2. The third kappa shape index (κ3) is 5.21. The SMILES string of the molecule is COC(=O)c1ccc2c(N(Cc3ccc(-c4ccc(OC)c(C)c4)cc3)C(=O)CCO)nccc2c1. The predicted molar refractivity (Wildman–Crippen MR) is 139 cm³/mol. The van der Waals surface area contributed by atoms with Crippen molar-refractivity contribution in [1.82, 2.24) is 4.98 Å². The summed E-state index contributed by atoms with van der Waals surface area (Å²) in [6.07, 6.45) is 1.58. The van der Waals surface area contributed by atoms with Gasteiger partial charge >= 0.3 is 5.97 Å². The molecular weight excluding hydrogens is 456 g/mol. The summed E-state index contributed by atoms with van der Waals surface area (Å²) in [5, 5.41) is 10.9. The number of amides is 1. The molecule has 0 aliphatic rings. The topological polar surface area (TPSA) is 89.0 Å². The maximum absolute atomic E-state index is 13.0. The first-order valence-electron chi connectivity index (χ1n) is 11.6. The van der Waals surface area contributed by atoms with E-state index in [-0.39, 0.29) is 25.5 Å². The minimum absolute atomic E-state index is 0.0263. The summed E-state index contributed by atoms with van der Waals surface area (Å²) in [6, 6.07) is 21.0. The Morgan fingerprint density at radius 1 is 0.944 bits per heavy atom. The molecule has 4 aromatic rings. The third-order valence-corrected chi connectivity index (χ3v) is 6.07. The number of ether oxygens (including phenoxy) is 2. The van der Waals surface area contributed by atoms with Crippen LogP contribution in [0, 0.1) is 6.92 Å². The van der Waals surface area contributed by atoms with Crippen molar-refractivity contribution in [3.63, 3.8) is 0 Å². The van der Waals surface area contributed by atoms with E-state index in [2.05, 4.69) is 11.1 Å². The zero-order valence-corrected chi connectivity index (χ0v) is 20.5. The van der Waals surface area contributed by atoms with Gasteiger partial charge in [-0.25, -0.2) is 9.78 Å². The van der Waals surface area contributed by atoms with Crippen molar-refractivity contribution in [1.29, 1.82) is 0 Å². The smallest absolute Gasteiger partial charge is 0.337 e. The van der Waals surface area contributed by atoms with Crippen LogP contribution in [-0.4, -0.2) is 42.8 Å². The molecule has 0 atom stereocenters. The van der Waals surface area contributed by atoms with Gasteiger partial charge in [0.2, 0.25) is 5.91 Å². The number of aryl methyl sites for hydroxylation is 1. The number of aliphatic hydroxyl groups is 1. The normalized spacial score (nSPS) is 10.8. The quantitative estimate of drug-likeness (QED) is 0.357. The summed E-state index contributed by atoms with van der Waals surface area (Å²) in [4.78, 5) is 31.1. The van der Waals surface area contributed by atoms with Crippen LogP contribution in [0.2, 0.25) is 0 Å². The first kappa shape index (κ1) is 24.9. The van der Waals surface area contributed by atoms with Crippen LogP contribution in [0.25, 0.3) is 21.9 Å². The molecule has 7 nitrogen and oxygen atoms in total. The lowest BCUT2D eigenvalue weighted by atomic mass is 10.0. The van der Waals surface area contributed by atoms with Crippen molar-refractivity contribution in [3.8, 4) is 16.9 Å². The first-order chi connectivity index (χ1) is 17.4. The number of nitrogens with zero attached hydrogens (tertiary/aromatic N) is 2. The molecule has 1 amide bonds. The number of benzene rings is 3. The molecule has 0 radical (unpaired) electrons. The van der Waals surface area contributed by atoms with E-state index in [9.17, 15) is 14.7 Å². The number of pyridine rings is 1. The van der Waals surface area contributed by atoms with E-state index in [0.717, 1.165) is 38.8 Å². The number of rotatable bonds is 8. The number of aliphatic hydroxyl groups excluding tert-OH is 1. The molecule has 3 aromatic carbocycles. The lowest BCUT2D eigenvalue weighted by Crippen LogP contribution is -2.31. The Balaban J connectivity index is 1.66. The summed E-state index contributed by atoms with van der Waals surface area (Å²) < 4.78 is 10.2. The number of aromatic nitrogens is 1. The number of fused-ring (bicyclic) bond motifs is 1. The van der Waals surface area contributed by atoms with Crippen LogP contribution in [0.4, 0.5) is 5.82 Å². The molecule has 1 N–H and O–H groups in total. The molecule has 0 saturated heterocycles. The minimum atomic E-state index is -0.435. The van der Waals surface area contributed by atoms with Gasteiger partial charge in [-0.05, 0) is 71.0 Å². The maximum atomic E-state index is 13.0. The van der Waals surface area contributed by atoms with Crippen molar-refractivity contribution < 1.29 is 24.2 Å². The Morgan fingerprint density at radius 2 is 1.69 bits per heavy atom. The molecule has 0 unspecified atom stereocenters. The Kier molecular flexibility index (Phi) is 7.61. The molecule has 4 rings (SSSR count). The van der Waals surface area contributed by atoms with Crippen LogP contribution in [0.1, 0.15) is 27.9 Å². The second kappa shape index (κ2) is 11.0. The summed E-state index contributed by atoms with van der Waals surface area (Å²) >= 11 is 0. The van der Waals surface area contributed by atoms with Gasteiger partial charge < -0.3 is 14.6 Å². The van der Waals surface area contributed by atoms with E-state index in [0.29, 0.717) is 11.4 Å². The molecule has 0 spiro atoms. The van der Waals surface area contributed by atoms with Crippen LogP contribution in [0.15, 0.2) is 72.9 Å². The van der Waals surface area contributed by atoms with Gasteiger partial charge in [-0.1, -0.05) is 30.3 Å². The molecule has 36 heavy (non-hydrogen) atoms. The van der Waals surface area contributed by atoms with Crippen molar-refractivity contribution in [2.75, 3.05) is 25.7 Å². The highest BCUT2D eigenvalue weighted by Crippen LogP contribution is 2.29. The molecule has 1 aromatic heterocycles.